The van der Waals surface area contributed by atoms with Gasteiger partial charge in [0.1, 0.15) is 11.6 Å². The molecule has 152 valence electrons. The summed E-state index contributed by atoms with van der Waals surface area (Å²) in [5.41, 5.74) is 3.23. The van der Waals surface area contributed by atoms with Crippen LogP contribution in [0.3, 0.4) is 0 Å². The smallest absolute Gasteiger partial charge is 0.308 e. The number of ether oxygens (including phenoxy) is 2. The molecule has 0 unspecified atom stereocenters. The highest BCUT2D eigenvalue weighted by molar-refractivity contribution is 7.16. The zero-order valence-corrected chi connectivity index (χ0v) is 18.6. The SMILES string of the molecule is Cc1noc2c1-c1sc(C)c(C)c1C(OC(C)C)=N[C@H]2CC(=O)OC(C)(C)C. The lowest BCUT2D eigenvalue weighted by molar-refractivity contribution is -0.155. The van der Waals surface area contributed by atoms with E-state index in [0.29, 0.717) is 11.7 Å². The number of fused-ring (bicyclic) bond motifs is 3. The third kappa shape index (κ3) is 3.99. The highest BCUT2D eigenvalue weighted by Crippen LogP contribution is 2.45. The van der Waals surface area contributed by atoms with Crippen LogP contribution in [0.25, 0.3) is 10.4 Å². The molecule has 1 atom stereocenters. The summed E-state index contributed by atoms with van der Waals surface area (Å²) in [5, 5.41) is 4.17. The molecule has 0 N–H and O–H groups in total. The number of aryl methyl sites for hydroxylation is 2. The number of aromatic nitrogens is 1. The van der Waals surface area contributed by atoms with E-state index >= 15 is 0 Å². The highest BCUT2D eigenvalue weighted by atomic mass is 32.1. The largest absolute Gasteiger partial charge is 0.475 e. The summed E-state index contributed by atoms with van der Waals surface area (Å²) in [6, 6.07) is -0.542. The summed E-state index contributed by atoms with van der Waals surface area (Å²) in [7, 11) is 0. The first-order valence-electron chi connectivity index (χ1n) is 9.51. The Bertz CT molecular complexity index is 931. The minimum atomic E-state index is -0.560. The minimum absolute atomic E-state index is 0.0444. The Kier molecular flexibility index (Phi) is 5.40. The predicted octanol–water partition coefficient (Wildman–Crippen LogP) is 5.29. The van der Waals surface area contributed by atoms with Crippen LogP contribution in [0.15, 0.2) is 9.52 Å². The molecule has 0 saturated heterocycles. The first-order valence-corrected chi connectivity index (χ1v) is 10.3. The Morgan fingerprint density at radius 1 is 1.21 bits per heavy atom. The summed E-state index contributed by atoms with van der Waals surface area (Å²) in [5.74, 6) is 0.808. The fourth-order valence-electron chi connectivity index (χ4n) is 3.21. The van der Waals surface area contributed by atoms with Crippen molar-refractivity contribution in [3.05, 3.63) is 27.5 Å². The number of thiophene rings is 1. The topological polar surface area (TPSA) is 73.9 Å². The van der Waals surface area contributed by atoms with Gasteiger partial charge in [-0.05, 0) is 61.0 Å². The first kappa shape index (κ1) is 20.6. The molecule has 2 aromatic rings. The number of nitrogens with zero attached hydrogens (tertiary/aromatic N) is 2. The third-order valence-corrected chi connectivity index (χ3v) is 5.64. The highest BCUT2D eigenvalue weighted by Gasteiger charge is 2.35. The molecule has 3 heterocycles. The Balaban J connectivity index is 2.13. The van der Waals surface area contributed by atoms with Crippen LogP contribution >= 0.6 is 11.3 Å². The van der Waals surface area contributed by atoms with Crippen molar-refractivity contribution in [1.82, 2.24) is 5.16 Å². The summed E-state index contributed by atoms with van der Waals surface area (Å²) in [4.78, 5) is 19.6. The lowest BCUT2D eigenvalue weighted by Crippen LogP contribution is -2.25. The maximum Gasteiger partial charge on any atom is 0.308 e. The van der Waals surface area contributed by atoms with Crippen molar-refractivity contribution in [3.8, 4) is 10.4 Å². The van der Waals surface area contributed by atoms with Crippen molar-refractivity contribution >= 4 is 23.2 Å². The van der Waals surface area contributed by atoms with E-state index in [9.17, 15) is 4.79 Å². The van der Waals surface area contributed by atoms with E-state index in [1.165, 1.54) is 4.88 Å². The van der Waals surface area contributed by atoms with Gasteiger partial charge in [-0.2, -0.15) is 0 Å². The van der Waals surface area contributed by atoms with Crippen molar-refractivity contribution in [2.75, 3.05) is 0 Å². The van der Waals surface area contributed by atoms with Crippen molar-refractivity contribution < 1.29 is 18.8 Å². The standard InChI is InChI=1S/C21H28N2O4S/c1-10(2)25-20-16-11(3)13(5)28-19(16)17-12(4)23-27-18(17)14(22-20)9-15(24)26-21(6,7)8/h10,14H,9H2,1-8H3/t14-/m0/s1. The van der Waals surface area contributed by atoms with Gasteiger partial charge >= 0.3 is 5.97 Å². The molecule has 6 nitrogen and oxygen atoms in total. The average molecular weight is 405 g/mol. The van der Waals surface area contributed by atoms with Crippen LogP contribution in [0.2, 0.25) is 0 Å². The molecule has 0 aromatic carbocycles. The summed E-state index contributed by atoms with van der Waals surface area (Å²) < 4.78 is 17.3. The second kappa shape index (κ2) is 7.35. The van der Waals surface area contributed by atoms with Gasteiger partial charge in [0.2, 0.25) is 5.90 Å². The molecule has 7 heteroatoms. The summed E-state index contributed by atoms with van der Waals surface area (Å²) in [6.07, 6.45) is 0.0219. The van der Waals surface area contributed by atoms with Gasteiger partial charge in [0.05, 0.1) is 34.2 Å². The molecule has 0 bridgehead atoms. The number of hydrogen-bond donors (Lipinski definition) is 0. The molecule has 1 aliphatic heterocycles. The van der Waals surface area contributed by atoms with E-state index in [1.807, 2.05) is 41.5 Å². The van der Waals surface area contributed by atoms with E-state index in [4.69, 9.17) is 19.0 Å². The lowest BCUT2D eigenvalue weighted by Gasteiger charge is -2.20. The number of carbonyl (C=O) groups is 1. The Hall–Kier alpha value is -2.15. The molecule has 3 rings (SSSR count). The van der Waals surface area contributed by atoms with Crippen LogP contribution in [0, 0.1) is 20.8 Å². The van der Waals surface area contributed by atoms with E-state index in [2.05, 4.69) is 19.0 Å². The van der Waals surface area contributed by atoms with Crippen molar-refractivity contribution in [2.24, 2.45) is 4.99 Å². The number of aliphatic imine (C=N–C) groups is 1. The van der Waals surface area contributed by atoms with Crippen LogP contribution < -0.4 is 0 Å². The molecule has 0 saturated carbocycles. The van der Waals surface area contributed by atoms with Crippen LogP contribution in [0.5, 0.6) is 0 Å². The zero-order chi connectivity index (χ0) is 20.8. The van der Waals surface area contributed by atoms with Gasteiger partial charge in [-0.25, -0.2) is 4.99 Å². The lowest BCUT2D eigenvalue weighted by atomic mass is 10.0. The number of rotatable bonds is 3. The number of esters is 1. The molecule has 1 aliphatic rings. The zero-order valence-electron chi connectivity index (χ0n) is 17.8. The summed E-state index contributed by atoms with van der Waals surface area (Å²) >= 11 is 1.68. The van der Waals surface area contributed by atoms with Gasteiger partial charge in [0.25, 0.3) is 0 Å². The molecule has 0 aliphatic carbocycles. The fourth-order valence-corrected chi connectivity index (χ4v) is 4.46. The molecular weight excluding hydrogens is 376 g/mol. The van der Waals surface area contributed by atoms with E-state index in [1.54, 1.807) is 11.3 Å². The monoisotopic (exact) mass is 404 g/mol. The van der Waals surface area contributed by atoms with Crippen molar-refractivity contribution in [2.45, 2.75) is 79.6 Å². The second-order valence-corrected chi connectivity index (χ2v) is 9.63. The maximum absolute atomic E-state index is 12.5. The summed E-state index contributed by atoms with van der Waals surface area (Å²) in [6.45, 7) is 15.6. The van der Waals surface area contributed by atoms with Gasteiger partial charge in [-0.15, -0.1) is 11.3 Å². The van der Waals surface area contributed by atoms with E-state index in [-0.39, 0.29) is 18.5 Å². The van der Waals surface area contributed by atoms with Crippen molar-refractivity contribution in [1.29, 1.82) is 0 Å². The van der Waals surface area contributed by atoms with Crippen LogP contribution in [-0.2, 0) is 14.3 Å². The normalized spacial score (nSPS) is 16.3. The molecule has 0 radical (unpaired) electrons. The quantitative estimate of drug-likeness (QED) is 0.650. The minimum Gasteiger partial charge on any atom is -0.475 e. The molecule has 0 fully saturated rings. The van der Waals surface area contributed by atoms with Crippen LogP contribution in [-0.4, -0.2) is 28.7 Å². The van der Waals surface area contributed by atoms with E-state index in [0.717, 1.165) is 27.3 Å². The van der Waals surface area contributed by atoms with Gasteiger partial charge in [0, 0.05) is 4.88 Å². The number of carbonyl (C=O) groups excluding carboxylic acids is 1. The van der Waals surface area contributed by atoms with Gasteiger partial charge in [0.15, 0.2) is 5.76 Å². The molecular formula is C21H28N2O4S. The number of hydrogen-bond acceptors (Lipinski definition) is 7. The molecule has 0 amide bonds. The Labute approximate surface area is 169 Å². The fraction of sp³-hybridized carbons (Fsp3) is 0.571. The van der Waals surface area contributed by atoms with Crippen molar-refractivity contribution in [3.63, 3.8) is 0 Å². The van der Waals surface area contributed by atoms with Gasteiger partial charge in [-0.1, -0.05) is 5.16 Å². The van der Waals surface area contributed by atoms with Crippen LogP contribution in [0.4, 0.5) is 0 Å². The molecule has 28 heavy (non-hydrogen) atoms. The van der Waals surface area contributed by atoms with Crippen LogP contribution in [0.1, 0.15) is 74.5 Å². The Morgan fingerprint density at radius 2 is 1.89 bits per heavy atom. The second-order valence-electron chi connectivity index (χ2n) is 8.40. The molecule has 0 spiro atoms. The van der Waals surface area contributed by atoms with Gasteiger partial charge in [-0.3, -0.25) is 4.79 Å². The predicted molar refractivity (Wildman–Crippen MR) is 110 cm³/mol. The first-order chi connectivity index (χ1) is 13.0. The average Bonchev–Trinajstić information content (AvgIpc) is 3.00. The molecule has 2 aromatic heterocycles. The maximum atomic E-state index is 12.5. The Morgan fingerprint density at radius 3 is 2.50 bits per heavy atom. The van der Waals surface area contributed by atoms with E-state index < -0.39 is 11.6 Å². The van der Waals surface area contributed by atoms with Gasteiger partial charge < -0.3 is 14.0 Å². The third-order valence-electron chi connectivity index (χ3n) is 4.42.